The third-order valence-electron chi connectivity index (χ3n) is 5.04. The molecule has 0 radical (unpaired) electrons. The van der Waals surface area contributed by atoms with E-state index in [-0.39, 0.29) is 5.91 Å². The number of ether oxygens (including phenoxy) is 1. The summed E-state index contributed by atoms with van der Waals surface area (Å²) in [4.78, 5) is 25.8. The zero-order chi connectivity index (χ0) is 22.7. The van der Waals surface area contributed by atoms with Crippen LogP contribution in [0.1, 0.15) is 28.6 Å². The quantitative estimate of drug-likeness (QED) is 0.445. The van der Waals surface area contributed by atoms with Gasteiger partial charge in [-0.3, -0.25) is 9.59 Å². The Bertz CT molecular complexity index is 1300. The molecule has 0 saturated carbocycles. The Balaban J connectivity index is 1.62. The van der Waals surface area contributed by atoms with E-state index in [1.165, 1.54) is 0 Å². The number of hydrogen-bond donors (Lipinski definition) is 2. The van der Waals surface area contributed by atoms with Crippen molar-refractivity contribution in [2.45, 2.75) is 26.9 Å². The van der Waals surface area contributed by atoms with Gasteiger partial charge >= 0.3 is 0 Å². The maximum atomic E-state index is 13.2. The van der Waals surface area contributed by atoms with E-state index in [1.54, 1.807) is 32.0 Å². The topological polar surface area (TPSA) is 93.5 Å². The van der Waals surface area contributed by atoms with Crippen LogP contribution in [-0.2, 0) is 4.79 Å². The number of amides is 2. The highest BCUT2D eigenvalue weighted by molar-refractivity contribution is 6.09. The van der Waals surface area contributed by atoms with E-state index in [4.69, 9.17) is 9.26 Å². The number of aryl methyl sites for hydroxylation is 2. The molecule has 4 rings (SSSR count). The predicted molar refractivity (Wildman–Crippen MR) is 123 cm³/mol. The molecular weight excluding hydrogens is 406 g/mol. The molecular formula is C25H23N3O4. The van der Waals surface area contributed by atoms with Crippen molar-refractivity contribution in [3.05, 3.63) is 83.6 Å². The molecule has 0 bridgehead atoms. The number of benzene rings is 3. The largest absolute Gasteiger partial charge is 0.480 e. The summed E-state index contributed by atoms with van der Waals surface area (Å²) in [6.07, 6.45) is -0.877. The fourth-order valence-corrected chi connectivity index (χ4v) is 3.29. The lowest BCUT2D eigenvalue weighted by molar-refractivity contribution is -0.122. The normalized spacial score (nSPS) is 11.7. The fourth-order valence-electron chi connectivity index (χ4n) is 3.29. The lowest BCUT2D eigenvalue weighted by atomic mass is 10.0. The fraction of sp³-hybridized carbons (Fsp3) is 0.160. The molecule has 0 spiro atoms. The van der Waals surface area contributed by atoms with Gasteiger partial charge in [0.2, 0.25) is 0 Å². The van der Waals surface area contributed by atoms with Crippen LogP contribution in [0.25, 0.3) is 10.8 Å². The molecule has 0 saturated heterocycles. The molecule has 162 valence electrons. The second kappa shape index (κ2) is 8.93. The van der Waals surface area contributed by atoms with Gasteiger partial charge in [-0.15, -0.1) is 0 Å². The van der Waals surface area contributed by atoms with Gasteiger partial charge in [-0.25, -0.2) is 0 Å². The Morgan fingerprint density at radius 1 is 0.938 bits per heavy atom. The Labute approximate surface area is 185 Å². The zero-order valence-electron chi connectivity index (χ0n) is 18.0. The van der Waals surface area contributed by atoms with Crippen LogP contribution in [0.4, 0.5) is 11.5 Å². The number of carbonyl (C=O) groups excluding carboxylic acids is 2. The van der Waals surface area contributed by atoms with Gasteiger partial charge in [0.05, 0.1) is 5.56 Å². The molecule has 7 heteroatoms. The molecule has 0 fully saturated rings. The van der Waals surface area contributed by atoms with Gasteiger partial charge in [0.15, 0.2) is 11.9 Å². The smallest absolute Gasteiger partial charge is 0.266 e. The lowest BCUT2D eigenvalue weighted by Gasteiger charge is -2.18. The van der Waals surface area contributed by atoms with Gasteiger partial charge < -0.3 is 19.9 Å². The average Bonchev–Trinajstić information content (AvgIpc) is 3.19. The summed E-state index contributed by atoms with van der Waals surface area (Å²) in [6.45, 7) is 5.27. The van der Waals surface area contributed by atoms with Crippen LogP contribution in [0.3, 0.4) is 0 Å². The minimum Gasteiger partial charge on any atom is -0.480 e. The first-order valence-corrected chi connectivity index (χ1v) is 10.2. The highest BCUT2D eigenvalue weighted by Crippen LogP contribution is 2.28. The van der Waals surface area contributed by atoms with Crippen molar-refractivity contribution in [3.63, 3.8) is 0 Å². The molecule has 4 aromatic rings. The summed E-state index contributed by atoms with van der Waals surface area (Å²) in [5, 5.41) is 11.1. The number of hydrogen-bond acceptors (Lipinski definition) is 5. The third kappa shape index (κ3) is 4.62. The van der Waals surface area contributed by atoms with Gasteiger partial charge in [-0.1, -0.05) is 47.6 Å². The molecule has 0 aliphatic rings. The Hall–Kier alpha value is -4.13. The number of fused-ring (bicyclic) bond motifs is 1. The van der Waals surface area contributed by atoms with Crippen LogP contribution in [0.15, 0.2) is 71.3 Å². The number of nitrogens with one attached hydrogen (secondary N) is 2. The van der Waals surface area contributed by atoms with Crippen LogP contribution in [0, 0.1) is 13.8 Å². The highest BCUT2D eigenvalue weighted by atomic mass is 16.5. The van der Waals surface area contributed by atoms with Gasteiger partial charge in [0.25, 0.3) is 11.8 Å². The monoisotopic (exact) mass is 429 g/mol. The molecule has 2 amide bonds. The standard InChI is InChI=1S/C25H23N3O4/c1-15-8-4-7-11-21(15)26-25(30)20-13-18-9-5-6-10-19(18)14-22(20)31-17(3)24(29)27-23-12-16(2)32-28-23/h4-14,17H,1-3H3,(H,26,30)(H,27,28,29)/t17-/m1/s1. The summed E-state index contributed by atoms with van der Waals surface area (Å²) < 4.78 is 10.9. The molecule has 3 aromatic carbocycles. The van der Waals surface area contributed by atoms with Crippen molar-refractivity contribution < 1.29 is 18.8 Å². The van der Waals surface area contributed by atoms with Gasteiger partial charge in [0.1, 0.15) is 11.5 Å². The van der Waals surface area contributed by atoms with Crippen LogP contribution >= 0.6 is 0 Å². The minimum absolute atomic E-state index is 0.305. The van der Waals surface area contributed by atoms with Crippen LogP contribution in [0.5, 0.6) is 5.75 Å². The summed E-state index contributed by atoms with van der Waals surface area (Å²) in [7, 11) is 0. The molecule has 0 unspecified atom stereocenters. The Morgan fingerprint density at radius 2 is 1.62 bits per heavy atom. The van der Waals surface area contributed by atoms with Gasteiger partial charge in [-0.05, 0) is 55.3 Å². The van der Waals surface area contributed by atoms with Crippen molar-refractivity contribution in [2.75, 3.05) is 10.6 Å². The maximum Gasteiger partial charge on any atom is 0.266 e. The van der Waals surface area contributed by atoms with Crippen molar-refractivity contribution >= 4 is 34.1 Å². The SMILES string of the molecule is Cc1cc(NC(=O)[C@@H](C)Oc2cc3ccccc3cc2C(=O)Nc2ccccc2C)no1. The van der Waals surface area contributed by atoms with Crippen LogP contribution < -0.4 is 15.4 Å². The van der Waals surface area contributed by atoms with E-state index in [0.29, 0.717) is 28.6 Å². The van der Waals surface area contributed by atoms with Gasteiger partial charge in [0, 0.05) is 11.8 Å². The second-order valence-corrected chi connectivity index (χ2v) is 7.54. The summed E-state index contributed by atoms with van der Waals surface area (Å²) in [5.41, 5.74) is 1.99. The first-order chi connectivity index (χ1) is 15.4. The van der Waals surface area contributed by atoms with E-state index in [2.05, 4.69) is 15.8 Å². The summed E-state index contributed by atoms with van der Waals surface area (Å²) in [5.74, 6) is 0.475. The third-order valence-corrected chi connectivity index (χ3v) is 5.04. The number of para-hydroxylation sites is 1. The first-order valence-electron chi connectivity index (χ1n) is 10.2. The number of aromatic nitrogens is 1. The second-order valence-electron chi connectivity index (χ2n) is 7.54. The average molecular weight is 429 g/mol. The van der Waals surface area contributed by atoms with Crippen LogP contribution in [0.2, 0.25) is 0 Å². The predicted octanol–water partition coefficient (Wildman–Crippen LogP) is 5.10. The number of nitrogens with zero attached hydrogens (tertiary/aromatic N) is 1. The molecule has 2 N–H and O–H groups in total. The molecule has 1 aromatic heterocycles. The van der Waals surface area contributed by atoms with Crippen LogP contribution in [-0.4, -0.2) is 23.1 Å². The van der Waals surface area contributed by atoms with Crippen molar-refractivity contribution in [1.29, 1.82) is 0 Å². The minimum atomic E-state index is -0.877. The molecule has 1 atom stereocenters. The maximum absolute atomic E-state index is 13.2. The number of rotatable bonds is 6. The van der Waals surface area contributed by atoms with Crippen molar-refractivity contribution in [3.8, 4) is 5.75 Å². The molecule has 32 heavy (non-hydrogen) atoms. The number of carbonyl (C=O) groups is 2. The Morgan fingerprint density at radius 3 is 2.31 bits per heavy atom. The molecule has 1 heterocycles. The van der Waals surface area contributed by atoms with Gasteiger partial charge in [-0.2, -0.15) is 0 Å². The zero-order valence-corrected chi connectivity index (χ0v) is 18.0. The molecule has 0 aliphatic heterocycles. The summed E-state index contributed by atoms with van der Waals surface area (Å²) in [6, 6.07) is 20.3. The van der Waals surface area contributed by atoms with E-state index >= 15 is 0 Å². The lowest BCUT2D eigenvalue weighted by Crippen LogP contribution is -2.31. The highest BCUT2D eigenvalue weighted by Gasteiger charge is 2.21. The summed E-state index contributed by atoms with van der Waals surface area (Å²) >= 11 is 0. The van der Waals surface area contributed by atoms with E-state index < -0.39 is 12.0 Å². The van der Waals surface area contributed by atoms with E-state index in [1.807, 2.05) is 55.5 Å². The Kier molecular flexibility index (Phi) is 5.89. The van der Waals surface area contributed by atoms with Crippen molar-refractivity contribution in [2.24, 2.45) is 0 Å². The number of anilines is 2. The van der Waals surface area contributed by atoms with E-state index in [9.17, 15) is 9.59 Å². The van der Waals surface area contributed by atoms with E-state index in [0.717, 1.165) is 16.3 Å². The molecule has 7 nitrogen and oxygen atoms in total. The molecule has 0 aliphatic carbocycles. The first kappa shape index (κ1) is 21.1. The van der Waals surface area contributed by atoms with Crippen molar-refractivity contribution in [1.82, 2.24) is 5.16 Å².